The van der Waals surface area contributed by atoms with E-state index < -0.39 is 10.0 Å². The molecule has 5 heteroatoms. The Morgan fingerprint density at radius 1 is 1.28 bits per heavy atom. The van der Waals surface area contributed by atoms with Gasteiger partial charge in [0, 0.05) is 19.0 Å². The van der Waals surface area contributed by atoms with Gasteiger partial charge in [-0.3, -0.25) is 4.31 Å². The van der Waals surface area contributed by atoms with Gasteiger partial charge in [0.2, 0.25) is 10.0 Å². The Balaban J connectivity index is 2.26. The topological polar surface area (TPSA) is 63.4 Å². The van der Waals surface area contributed by atoms with Crippen LogP contribution in [0.3, 0.4) is 0 Å². The van der Waals surface area contributed by atoms with E-state index in [1.165, 1.54) is 22.5 Å². The molecule has 0 unspecified atom stereocenters. The molecular formula is C13H20N2O2S. The minimum absolute atomic E-state index is 0.127. The zero-order valence-corrected chi connectivity index (χ0v) is 11.7. The first-order chi connectivity index (χ1) is 8.39. The van der Waals surface area contributed by atoms with Gasteiger partial charge >= 0.3 is 0 Å². The lowest BCUT2D eigenvalue weighted by atomic mass is 9.64. The number of anilines is 1. The van der Waals surface area contributed by atoms with Crippen molar-refractivity contribution in [3.63, 3.8) is 0 Å². The second-order valence-corrected chi connectivity index (χ2v) is 7.13. The fourth-order valence-corrected chi connectivity index (χ4v) is 2.94. The third-order valence-electron chi connectivity index (χ3n) is 4.04. The molecule has 0 atom stereocenters. The van der Waals surface area contributed by atoms with Crippen molar-refractivity contribution in [1.82, 2.24) is 0 Å². The number of hydrogen-bond acceptors (Lipinski definition) is 3. The second-order valence-electron chi connectivity index (χ2n) is 5.12. The molecule has 1 aliphatic rings. The van der Waals surface area contributed by atoms with Crippen molar-refractivity contribution < 1.29 is 8.42 Å². The van der Waals surface area contributed by atoms with E-state index in [1.54, 1.807) is 7.05 Å². The monoisotopic (exact) mass is 268 g/mol. The molecule has 0 radical (unpaired) electrons. The average molecular weight is 268 g/mol. The molecule has 18 heavy (non-hydrogen) atoms. The van der Waals surface area contributed by atoms with Gasteiger partial charge in [0.25, 0.3) is 0 Å². The summed E-state index contributed by atoms with van der Waals surface area (Å²) < 4.78 is 24.2. The first-order valence-electron chi connectivity index (χ1n) is 6.14. The van der Waals surface area contributed by atoms with E-state index in [-0.39, 0.29) is 5.41 Å². The van der Waals surface area contributed by atoms with E-state index in [2.05, 4.69) is 0 Å². The number of rotatable bonds is 4. The average Bonchev–Trinajstić information content (AvgIpc) is 2.27. The highest BCUT2D eigenvalue weighted by molar-refractivity contribution is 7.92. The summed E-state index contributed by atoms with van der Waals surface area (Å²) in [7, 11) is -1.63. The molecule has 2 N–H and O–H groups in total. The normalized spacial score (nSPS) is 18.2. The lowest BCUT2D eigenvalue weighted by Gasteiger charge is -2.41. The largest absolute Gasteiger partial charge is 0.330 e. The lowest BCUT2D eigenvalue weighted by molar-refractivity contribution is 0.253. The lowest BCUT2D eigenvalue weighted by Crippen LogP contribution is -2.41. The van der Waals surface area contributed by atoms with Gasteiger partial charge in [-0.05, 0) is 30.5 Å². The van der Waals surface area contributed by atoms with Crippen LogP contribution < -0.4 is 10.0 Å². The summed E-state index contributed by atoms with van der Waals surface area (Å²) >= 11 is 0. The number of hydrogen-bond donors (Lipinski definition) is 1. The molecule has 1 aromatic carbocycles. The van der Waals surface area contributed by atoms with Gasteiger partial charge in [-0.1, -0.05) is 18.6 Å². The molecule has 1 aliphatic carbocycles. The van der Waals surface area contributed by atoms with Gasteiger partial charge in [-0.25, -0.2) is 8.42 Å². The molecule has 1 aromatic rings. The van der Waals surface area contributed by atoms with Crippen LogP contribution in [-0.2, 0) is 15.4 Å². The molecule has 1 saturated carbocycles. The van der Waals surface area contributed by atoms with E-state index in [4.69, 9.17) is 5.73 Å². The van der Waals surface area contributed by atoms with Crippen LogP contribution in [0.4, 0.5) is 5.69 Å². The quantitative estimate of drug-likeness (QED) is 0.899. The van der Waals surface area contributed by atoms with E-state index in [0.29, 0.717) is 12.2 Å². The molecule has 4 nitrogen and oxygen atoms in total. The van der Waals surface area contributed by atoms with Crippen molar-refractivity contribution in [2.24, 2.45) is 5.73 Å². The number of nitrogens with two attached hydrogens (primary N) is 1. The molecular weight excluding hydrogens is 248 g/mol. The highest BCUT2D eigenvalue weighted by Gasteiger charge is 2.37. The van der Waals surface area contributed by atoms with E-state index in [0.717, 1.165) is 12.8 Å². The van der Waals surface area contributed by atoms with Crippen molar-refractivity contribution in [3.8, 4) is 0 Å². The molecule has 0 spiro atoms. The van der Waals surface area contributed by atoms with Crippen LogP contribution in [0, 0.1) is 0 Å². The molecule has 100 valence electrons. The van der Waals surface area contributed by atoms with Crippen molar-refractivity contribution in [3.05, 3.63) is 29.8 Å². The Bertz CT molecular complexity index is 513. The van der Waals surface area contributed by atoms with Crippen molar-refractivity contribution >= 4 is 15.7 Å². The molecule has 0 saturated heterocycles. The fraction of sp³-hybridized carbons (Fsp3) is 0.538. The van der Waals surface area contributed by atoms with Gasteiger partial charge in [-0.15, -0.1) is 0 Å². The van der Waals surface area contributed by atoms with Crippen LogP contribution >= 0.6 is 0 Å². The van der Waals surface area contributed by atoms with Crippen LogP contribution in [0.2, 0.25) is 0 Å². The van der Waals surface area contributed by atoms with Gasteiger partial charge in [0.05, 0.1) is 11.9 Å². The fourth-order valence-electron chi connectivity index (χ4n) is 2.43. The molecule has 0 amide bonds. The van der Waals surface area contributed by atoms with Crippen LogP contribution in [-0.4, -0.2) is 28.3 Å². The smallest absolute Gasteiger partial charge is 0.231 e. The molecule has 0 heterocycles. The van der Waals surface area contributed by atoms with Gasteiger partial charge in [0.1, 0.15) is 0 Å². The summed E-state index contributed by atoms with van der Waals surface area (Å²) in [6, 6.07) is 7.71. The third kappa shape index (κ3) is 2.24. The molecule has 0 bridgehead atoms. The highest BCUT2D eigenvalue weighted by Crippen LogP contribution is 2.43. The van der Waals surface area contributed by atoms with E-state index in [1.807, 2.05) is 24.3 Å². The Labute approximate surface area is 109 Å². The van der Waals surface area contributed by atoms with E-state index in [9.17, 15) is 8.42 Å². The summed E-state index contributed by atoms with van der Waals surface area (Å²) in [5.74, 6) is 0. The number of benzene rings is 1. The summed E-state index contributed by atoms with van der Waals surface area (Å²) in [5, 5.41) is 0. The first kappa shape index (κ1) is 13.4. The van der Waals surface area contributed by atoms with Crippen LogP contribution in [0.1, 0.15) is 24.8 Å². The minimum Gasteiger partial charge on any atom is -0.330 e. The van der Waals surface area contributed by atoms with Crippen LogP contribution in [0.25, 0.3) is 0 Å². The van der Waals surface area contributed by atoms with Gasteiger partial charge < -0.3 is 5.73 Å². The predicted molar refractivity (Wildman–Crippen MR) is 74.3 cm³/mol. The SMILES string of the molecule is CN(c1ccc(C2(CN)CCC2)cc1)S(C)(=O)=O. The zero-order chi connectivity index (χ0) is 13.4. The Kier molecular flexibility index (Phi) is 3.38. The van der Waals surface area contributed by atoms with Crippen LogP contribution in [0.5, 0.6) is 0 Å². The Morgan fingerprint density at radius 2 is 1.83 bits per heavy atom. The van der Waals surface area contributed by atoms with Crippen molar-refractivity contribution in [1.29, 1.82) is 0 Å². The zero-order valence-electron chi connectivity index (χ0n) is 10.9. The predicted octanol–water partition coefficient (Wildman–Crippen LogP) is 1.46. The second kappa shape index (κ2) is 4.55. The standard InChI is InChI=1S/C13H20N2O2S/c1-15(18(2,16)17)12-6-4-11(5-7-12)13(10-14)8-3-9-13/h4-7H,3,8-10,14H2,1-2H3. The molecule has 0 aliphatic heterocycles. The maximum Gasteiger partial charge on any atom is 0.231 e. The van der Waals surface area contributed by atoms with Crippen molar-refractivity contribution in [2.75, 3.05) is 24.2 Å². The number of nitrogens with zero attached hydrogens (tertiary/aromatic N) is 1. The molecule has 2 rings (SSSR count). The summed E-state index contributed by atoms with van der Waals surface area (Å²) in [6.45, 7) is 0.661. The van der Waals surface area contributed by atoms with Gasteiger partial charge in [0.15, 0.2) is 0 Å². The van der Waals surface area contributed by atoms with Gasteiger partial charge in [-0.2, -0.15) is 0 Å². The maximum atomic E-state index is 11.4. The Hall–Kier alpha value is -1.07. The molecule has 1 fully saturated rings. The van der Waals surface area contributed by atoms with Crippen LogP contribution in [0.15, 0.2) is 24.3 Å². The number of sulfonamides is 1. The summed E-state index contributed by atoms with van der Waals surface area (Å²) in [4.78, 5) is 0. The first-order valence-corrected chi connectivity index (χ1v) is 7.98. The summed E-state index contributed by atoms with van der Waals surface area (Å²) in [6.07, 6.45) is 4.69. The maximum absolute atomic E-state index is 11.4. The highest BCUT2D eigenvalue weighted by atomic mass is 32.2. The molecule has 0 aromatic heterocycles. The Morgan fingerprint density at radius 3 is 2.17 bits per heavy atom. The summed E-state index contributed by atoms with van der Waals surface area (Å²) in [5.41, 5.74) is 7.90. The van der Waals surface area contributed by atoms with Crippen molar-refractivity contribution in [2.45, 2.75) is 24.7 Å². The van der Waals surface area contributed by atoms with E-state index >= 15 is 0 Å². The third-order valence-corrected chi connectivity index (χ3v) is 5.25. The minimum atomic E-state index is -3.19.